The maximum atomic E-state index is 5.67. The van der Waals surface area contributed by atoms with Gasteiger partial charge in [-0.15, -0.1) is 0 Å². The molecule has 1 saturated heterocycles. The highest BCUT2D eigenvalue weighted by molar-refractivity contribution is 4.77. The largest absolute Gasteiger partial charge is 0.316 e. The highest BCUT2D eigenvalue weighted by Gasteiger charge is 2.20. The molecular weight excluding hydrogens is 124 g/mol. The van der Waals surface area contributed by atoms with Crippen molar-refractivity contribution in [2.75, 3.05) is 6.54 Å². The summed E-state index contributed by atoms with van der Waals surface area (Å²) in [5.74, 6) is 0. The van der Waals surface area contributed by atoms with E-state index in [9.17, 15) is 0 Å². The Morgan fingerprint density at radius 3 is 2.70 bits per heavy atom. The van der Waals surface area contributed by atoms with Crippen molar-refractivity contribution in [2.45, 2.75) is 38.4 Å². The molecule has 2 unspecified atom stereocenters. The summed E-state index contributed by atoms with van der Waals surface area (Å²) in [5.41, 5.74) is 5.67. The minimum atomic E-state index is -0.00435. The summed E-state index contributed by atoms with van der Waals surface area (Å²) in [6, 6.07) is 0.640. The van der Waals surface area contributed by atoms with Crippen molar-refractivity contribution in [1.29, 1.82) is 0 Å². The highest BCUT2D eigenvalue weighted by Crippen LogP contribution is 2.16. The molecule has 0 saturated carbocycles. The Morgan fingerprint density at radius 2 is 2.30 bits per heavy atom. The quantitative estimate of drug-likeness (QED) is 0.590. The molecule has 1 aliphatic rings. The molecule has 10 heavy (non-hydrogen) atoms. The van der Waals surface area contributed by atoms with E-state index in [0.717, 1.165) is 6.54 Å². The van der Waals surface area contributed by atoms with Gasteiger partial charge in [-0.05, 0) is 33.2 Å². The maximum absolute atomic E-state index is 5.67. The number of likely N-dealkylation sites (tertiary alicyclic amines) is 1. The van der Waals surface area contributed by atoms with E-state index in [1.165, 1.54) is 19.3 Å². The molecule has 1 aliphatic heterocycles. The van der Waals surface area contributed by atoms with Crippen LogP contribution in [0.1, 0.15) is 26.2 Å². The maximum Gasteiger partial charge on any atom is 0.0575 e. The number of rotatable bonds is 1. The molecule has 2 atom stereocenters. The number of piperidine rings is 1. The van der Waals surface area contributed by atoms with Crippen LogP contribution in [-0.2, 0) is 0 Å². The normalized spacial score (nSPS) is 32.1. The van der Waals surface area contributed by atoms with Crippen LogP contribution in [0.4, 0.5) is 0 Å². The predicted octanol–water partition coefficient (Wildman–Crippen LogP) is 0.980. The van der Waals surface area contributed by atoms with E-state index < -0.39 is 0 Å². The monoisotopic (exact) mass is 141 g/mol. The van der Waals surface area contributed by atoms with Gasteiger partial charge in [0, 0.05) is 6.04 Å². The molecular formula is C8H17N2. The molecule has 0 spiro atoms. The molecule has 1 rings (SSSR count). The second-order valence-corrected chi connectivity index (χ2v) is 3.15. The molecule has 59 valence electrons. The van der Waals surface area contributed by atoms with Crippen LogP contribution in [0.5, 0.6) is 0 Å². The van der Waals surface area contributed by atoms with E-state index in [4.69, 9.17) is 5.73 Å². The number of hydrogen-bond donors (Lipinski definition) is 1. The molecule has 1 fully saturated rings. The van der Waals surface area contributed by atoms with Crippen molar-refractivity contribution >= 4 is 0 Å². The van der Waals surface area contributed by atoms with Crippen LogP contribution in [0.2, 0.25) is 0 Å². The van der Waals surface area contributed by atoms with Crippen molar-refractivity contribution in [3.05, 3.63) is 6.92 Å². The molecule has 1 heterocycles. The van der Waals surface area contributed by atoms with Gasteiger partial charge in [-0.2, -0.15) is 0 Å². The molecule has 0 aromatic rings. The van der Waals surface area contributed by atoms with Gasteiger partial charge in [0.25, 0.3) is 0 Å². The van der Waals surface area contributed by atoms with E-state index in [0.29, 0.717) is 6.04 Å². The summed E-state index contributed by atoms with van der Waals surface area (Å²) in [4.78, 5) is 2.27. The molecule has 0 aromatic carbocycles. The lowest BCUT2D eigenvalue weighted by atomic mass is 10.0. The molecule has 0 aromatic heterocycles. The highest BCUT2D eigenvalue weighted by atomic mass is 15.2. The minimum absolute atomic E-state index is 0.00435. The molecule has 0 aliphatic carbocycles. The van der Waals surface area contributed by atoms with Gasteiger partial charge >= 0.3 is 0 Å². The van der Waals surface area contributed by atoms with Crippen LogP contribution in [0, 0.1) is 6.92 Å². The van der Waals surface area contributed by atoms with Crippen LogP contribution in [-0.4, -0.2) is 23.7 Å². The van der Waals surface area contributed by atoms with Gasteiger partial charge in [0.2, 0.25) is 0 Å². The molecule has 2 nitrogen and oxygen atoms in total. The van der Waals surface area contributed by atoms with E-state index in [1.54, 1.807) is 0 Å². The summed E-state index contributed by atoms with van der Waals surface area (Å²) in [6.45, 7) is 7.17. The second kappa shape index (κ2) is 3.35. The lowest BCUT2D eigenvalue weighted by Crippen LogP contribution is -2.47. The van der Waals surface area contributed by atoms with Gasteiger partial charge in [0.05, 0.1) is 6.17 Å². The molecule has 0 amide bonds. The molecule has 2 heteroatoms. The summed E-state index contributed by atoms with van der Waals surface area (Å²) >= 11 is 0. The second-order valence-electron chi connectivity index (χ2n) is 3.15. The third-order valence-corrected chi connectivity index (χ3v) is 2.28. The third-order valence-electron chi connectivity index (χ3n) is 2.28. The summed E-state index contributed by atoms with van der Waals surface area (Å²) in [6.07, 6.45) is 3.91. The van der Waals surface area contributed by atoms with Gasteiger partial charge in [0.15, 0.2) is 0 Å². The zero-order chi connectivity index (χ0) is 7.56. The van der Waals surface area contributed by atoms with E-state index in [1.807, 2.05) is 0 Å². The fourth-order valence-electron chi connectivity index (χ4n) is 1.61. The van der Waals surface area contributed by atoms with Crippen molar-refractivity contribution in [1.82, 2.24) is 4.90 Å². The Labute approximate surface area is 63.4 Å². The summed E-state index contributed by atoms with van der Waals surface area (Å²) in [5, 5.41) is 0. The van der Waals surface area contributed by atoms with Crippen LogP contribution >= 0.6 is 0 Å². The smallest absolute Gasteiger partial charge is 0.0575 e. The van der Waals surface area contributed by atoms with Gasteiger partial charge < -0.3 is 5.73 Å². The van der Waals surface area contributed by atoms with Crippen molar-refractivity contribution < 1.29 is 0 Å². The van der Waals surface area contributed by atoms with Crippen LogP contribution < -0.4 is 5.73 Å². The third kappa shape index (κ3) is 1.70. The standard InChI is InChI=1S/C8H17N2/c1-7-5-3-4-6-10(7)8(2)9/h7-8H,2-6,9H2,1H3. The van der Waals surface area contributed by atoms with E-state index >= 15 is 0 Å². The van der Waals surface area contributed by atoms with Crippen molar-refractivity contribution in [2.24, 2.45) is 5.73 Å². The zero-order valence-corrected chi connectivity index (χ0v) is 6.71. The lowest BCUT2D eigenvalue weighted by molar-refractivity contribution is 0.130. The van der Waals surface area contributed by atoms with Gasteiger partial charge in [0.1, 0.15) is 0 Å². The Morgan fingerprint density at radius 1 is 1.60 bits per heavy atom. The molecule has 1 radical (unpaired) electrons. The zero-order valence-electron chi connectivity index (χ0n) is 6.71. The number of hydrogen-bond acceptors (Lipinski definition) is 2. The van der Waals surface area contributed by atoms with Gasteiger partial charge in [-0.3, -0.25) is 4.90 Å². The SMILES string of the molecule is [CH2]C(N)N1CCCCC1C. The number of nitrogens with two attached hydrogens (primary N) is 1. The van der Waals surface area contributed by atoms with Crippen molar-refractivity contribution in [3.63, 3.8) is 0 Å². The average molecular weight is 141 g/mol. The lowest BCUT2D eigenvalue weighted by Gasteiger charge is -2.35. The average Bonchev–Trinajstić information content (AvgIpc) is 1.88. The molecule has 2 N–H and O–H groups in total. The Bertz CT molecular complexity index is 101. The Hall–Kier alpha value is -0.0800. The molecule has 0 bridgehead atoms. The first-order valence-corrected chi connectivity index (χ1v) is 4.06. The van der Waals surface area contributed by atoms with E-state index in [2.05, 4.69) is 18.7 Å². The Kier molecular flexibility index (Phi) is 2.69. The minimum Gasteiger partial charge on any atom is -0.316 e. The van der Waals surface area contributed by atoms with E-state index in [-0.39, 0.29) is 6.17 Å². The summed E-state index contributed by atoms with van der Waals surface area (Å²) in [7, 11) is 0. The topological polar surface area (TPSA) is 29.3 Å². The Balaban J connectivity index is 2.40. The van der Waals surface area contributed by atoms with Gasteiger partial charge in [-0.25, -0.2) is 0 Å². The van der Waals surface area contributed by atoms with Gasteiger partial charge in [-0.1, -0.05) is 6.42 Å². The van der Waals surface area contributed by atoms with Crippen LogP contribution in [0.25, 0.3) is 0 Å². The first kappa shape index (κ1) is 8.02. The van der Waals surface area contributed by atoms with Crippen LogP contribution in [0.3, 0.4) is 0 Å². The first-order valence-electron chi connectivity index (χ1n) is 4.06. The first-order chi connectivity index (χ1) is 4.72. The number of nitrogens with zero attached hydrogens (tertiary/aromatic N) is 1. The summed E-state index contributed by atoms with van der Waals surface area (Å²) < 4.78 is 0. The van der Waals surface area contributed by atoms with Crippen LogP contribution in [0.15, 0.2) is 0 Å². The fourth-order valence-corrected chi connectivity index (χ4v) is 1.61. The predicted molar refractivity (Wildman–Crippen MR) is 43.4 cm³/mol. The fraction of sp³-hybridized carbons (Fsp3) is 0.875. The van der Waals surface area contributed by atoms with Crippen molar-refractivity contribution in [3.8, 4) is 0 Å².